The largest absolute Gasteiger partial charge is 0.465 e. The van der Waals surface area contributed by atoms with Gasteiger partial charge in [-0.15, -0.1) is 0 Å². The van der Waals surface area contributed by atoms with E-state index in [2.05, 4.69) is 0 Å². The van der Waals surface area contributed by atoms with Crippen LogP contribution >= 0.6 is 0 Å². The van der Waals surface area contributed by atoms with Crippen molar-refractivity contribution in [1.29, 1.82) is 0 Å². The third kappa shape index (κ3) is 5.27. The Morgan fingerprint density at radius 2 is 1.82 bits per heavy atom. The van der Waals surface area contributed by atoms with Gasteiger partial charge in [-0.3, -0.25) is 9.59 Å². The molecule has 0 aromatic carbocycles. The maximum Gasteiger partial charge on any atom is 0.311 e. The van der Waals surface area contributed by atoms with Gasteiger partial charge in [-0.25, -0.2) is 0 Å². The van der Waals surface area contributed by atoms with Crippen LogP contribution in [-0.4, -0.2) is 38.9 Å². The van der Waals surface area contributed by atoms with E-state index in [4.69, 9.17) is 14.2 Å². The zero-order valence-electron chi connectivity index (χ0n) is 14.4. The fourth-order valence-electron chi connectivity index (χ4n) is 2.95. The van der Waals surface area contributed by atoms with Crippen LogP contribution in [0.2, 0.25) is 0 Å². The lowest BCUT2D eigenvalue weighted by Crippen LogP contribution is -2.39. The number of hydrogen-bond donors (Lipinski definition) is 0. The minimum absolute atomic E-state index is 0.0867. The van der Waals surface area contributed by atoms with Crippen molar-refractivity contribution in [3.63, 3.8) is 0 Å². The average molecular weight is 314 g/mol. The molecule has 0 amide bonds. The normalized spacial score (nSPS) is 22.2. The Morgan fingerprint density at radius 3 is 2.45 bits per heavy atom. The topological polar surface area (TPSA) is 61.8 Å². The van der Waals surface area contributed by atoms with Crippen LogP contribution < -0.4 is 0 Å². The number of esters is 2. The predicted octanol–water partition coefficient (Wildman–Crippen LogP) is 2.96. The third-order valence-electron chi connectivity index (χ3n) is 4.52. The van der Waals surface area contributed by atoms with Crippen LogP contribution in [0.5, 0.6) is 0 Å². The quantitative estimate of drug-likeness (QED) is 0.509. The highest BCUT2D eigenvalue weighted by Crippen LogP contribution is 2.41. The molecule has 0 radical (unpaired) electrons. The van der Waals surface area contributed by atoms with Crippen molar-refractivity contribution < 1.29 is 23.8 Å². The summed E-state index contributed by atoms with van der Waals surface area (Å²) in [7, 11) is 1.58. The summed E-state index contributed by atoms with van der Waals surface area (Å²) in [5, 5.41) is 0. The molecule has 0 saturated heterocycles. The molecule has 1 aliphatic rings. The SMILES string of the molecule is CCCOC(=O)C1CCCC(C(C)(C)C(=O)OCCOC)C1. The summed E-state index contributed by atoms with van der Waals surface area (Å²) in [6.45, 7) is 6.95. The molecule has 0 aliphatic heterocycles. The fourth-order valence-corrected chi connectivity index (χ4v) is 2.95. The van der Waals surface area contributed by atoms with E-state index < -0.39 is 5.41 Å². The number of carbonyl (C=O) groups excluding carboxylic acids is 2. The average Bonchev–Trinajstić information content (AvgIpc) is 2.52. The van der Waals surface area contributed by atoms with Crippen molar-refractivity contribution in [2.24, 2.45) is 17.3 Å². The first-order valence-corrected chi connectivity index (χ1v) is 8.26. The molecule has 0 heterocycles. The first-order chi connectivity index (χ1) is 10.4. The van der Waals surface area contributed by atoms with Gasteiger partial charge in [0.25, 0.3) is 0 Å². The molecule has 128 valence electrons. The molecule has 2 atom stereocenters. The van der Waals surface area contributed by atoms with Crippen LogP contribution in [0, 0.1) is 17.3 Å². The van der Waals surface area contributed by atoms with Gasteiger partial charge in [-0.2, -0.15) is 0 Å². The van der Waals surface area contributed by atoms with E-state index in [-0.39, 0.29) is 30.4 Å². The minimum Gasteiger partial charge on any atom is -0.465 e. The minimum atomic E-state index is -0.586. The summed E-state index contributed by atoms with van der Waals surface area (Å²) in [6, 6.07) is 0. The molecule has 0 aromatic heterocycles. The van der Waals surface area contributed by atoms with Gasteiger partial charge < -0.3 is 14.2 Å². The van der Waals surface area contributed by atoms with Gasteiger partial charge >= 0.3 is 11.9 Å². The Hall–Kier alpha value is -1.10. The van der Waals surface area contributed by atoms with Crippen LogP contribution in [0.4, 0.5) is 0 Å². The standard InChI is InChI=1S/C17H30O5/c1-5-9-21-15(18)13-7-6-8-14(12-13)17(2,3)16(19)22-11-10-20-4/h13-14H,5-12H2,1-4H3. The highest BCUT2D eigenvalue weighted by molar-refractivity contribution is 5.77. The lowest BCUT2D eigenvalue weighted by atomic mass is 9.68. The van der Waals surface area contributed by atoms with E-state index >= 15 is 0 Å². The second-order valence-electron chi connectivity index (χ2n) is 6.58. The summed E-state index contributed by atoms with van der Waals surface area (Å²) < 4.78 is 15.4. The molecule has 5 nitrogen and oxygen atoms in total. The van der Waals surface area contributed by atoms with Crippen molar-refractivity contribution in [3.05, 3.63) is 0 Å². The van der Waals surface area contributed by atoms with Crippen LogP contribution in [0.1, 0.15) is 52.9 Å². The first kappa shape index (κ1) is 18.9. The monoisotopic (exact) mass is 314 g/mol. The zero-order chi connectivity index (χ0) is 16.6. The molecule has 22 heavy (non-hydrogen) atoms. The lowest BCUT2D eigenvalue weighted by Gasteiger charge is -2.37. The van der Waals surface area contributed by atoms with Gasteiger partial charge in [-0.1, -0.05) is 13.3 Å². The number of rotatable bonds is 8. The van der Waals surface area contributed by atoms with Gasteiger partial charge in [0, 0.05) is 7.11 Å². The molecule has 0 aromatic rings. The molecule has 1 rings (SSSR count). The molecule has 1 fully saturated rings. The van der Waals surface area contributed by atoms with Gasteiger partial charge in [0.1, 0.15) is 6.61 Å². The van der Waals surface area contributed by atoms with Crippen molar-refractivity contribution >= 4 is 11.9 Å². The lowest BCUT2D eigenvalue weighted by molar-refractivity contribution is -0.162. The van der Waals surface area contributed by atoms with Crippen molar-refractivity contribution in [2.75, 3.05) is 26.9 Å². The molecular weight excluding hydrogens is 284 g/mol. The Bertz CT molecular complexity index is 364. The van der Waals surface area contributed by atoms with Crippen LogP contribution in [0.3, 0.4) is 0 Å². The Labute approximate surface area is 133 Å². The van der Waals surface area contributed by atoms with Crippen molar-refractivity contribution in [2.45, 2.75) is 52.9 Å². The van der Waals surface area contributed by atoms with E-state index in [1.807, 2.05) is 20.8 Å². The Kier molecular flexibility index (Phi) is 7.87. The number of methoxy groups -OCH3 is 1. The molecule has 1 saturated carbocycles. The Morgan fingerprint density at radius 1 is 1.09 bits per heavy atom. The predicted molar refractivity (Wildman–Crippen MR) is 83.3 cm³/mol. The van der Waals surface area contributed by atoms with E-state index in [1.165, 1.54) is 0 Å². The van der Waals surface area contributed by atoms with E-state index in [9.17, 15) is 9.59 Å². The van der Waals surface area contributed by atoms with Crippen LogP contribution in [-0.2, 0) is 23.8 Å². The summed E-state index contributed by atoms with van der Waals surface area (Å²) in [5.74, 6) is -0.265. The highest BCUT2D eigenvalue weighted by atomic mass is 16.6. The second-order valence-corrected chi connectivity index (χ2v) is 6.58. The summed E-state index contributed by atoms with van der Waals surface area (Å²) in [6.07, 6.45) is 4.29. The molecule has 1 aliphatic carbocycles. The number of carbonyl (C=O) groups is 2. The first-order valence-electron chi connectivity index (χ1n) is 8.26. The molecule has 0 N–H and O–H groups in total. The fraction of sp³-hybridized carbons (Fsp3) is 0.882. The number of hydrogen-bond acceptors (Lipinski definition) is 5. The smallest absolute Gasteiger partial charge is 0.311 e. The maximum atomic E-state index is 12.3. The molecular formula is C17H30O5. The molecule has 0 bridgehead atoms. The van der Waals surface area contributed by atoms with Crippen molar-refractivity contribution in [1.82, 2.24) is 0 Å². The maximum absolute atomic E-state index is 12.3. The number of ether oxygens (including phenoxy) is 3. The summed E-state index contributed by atoms with van der Waals surface area (Å²) in [5.41, 5.74) is -0.586. The van der Waals surface area contributed by atoms with Crippen LogP contribution in [0.25, 0.3) is 0 Å². The van der Waals surface area contributed by atoms with Gasteiger partial charge in [0.15, 0.2) is 0 Å². The Balaban J connectivity index is 2.58. The second kappa shape index (κ2) is 9.13. The van der Waals surface area contributed by atoms with E-state index in [0.29, 0.717) is 19.6 Å². The van der Waals surface area contributed by atoms with Gasteiger partial charge in [-0.05, 0) is 45.4 Å². The summed E-state index contributed by atoms with van der Waals surface area (Å²) >= 11 is 0. The van der Waals surface area contributed by atoms with E-state index in [1.54, 1.807) is 7.11 Å². The van der Waals surface area contributed by atoms with E-state index in [0.717, 1.165) is 25.7 Å². The molecule has 0 spiro atoms. The zero-order valence-corrected chi connectivity index (χ0v) is 14.4. The van der Waals surface area contributed by atoms with Crippen LogP contribution in [0.15, 0.2) is 0 Å². The summed E-state index contributed by atoms with van der Waals surface area (Å²) in [4.78, 5) is 24.3. The molecule has 5 heteroatoms. The highest BCUT2D eigenvalue weighted by Gasteiger charge is 2.42. The van der Waals surface area contributed by atoms with Gasteiger partial charge in [0.05, 0.1) is 24.5 Å². The van der Waals surface area contributed by atoms with Gasteiger partial charge in [0.2, 0.25) is 0 Å². The molecule has 2 unspecified atom stereocenters. The van der Waals surface area contributed by atoms with Crippen molar-refractivity contribution in [3.8, 4) is 0 Å². The third-order valence-corrected chi connectivity index (χ3v) is 4.52.